The van der Waals surface area contributed by atoms with E-state index in [4.69, 9.17) is 0 Å². The molecule has 1 aromatic rings. The Labute approximate surface area is 94.7 Å². The highest BCUT2D eigenvalue weighted by atomic mass is 14.2. The fraction of sp³-hybridized carbons (Fsp3) is 0.600. The molecule has 0 bridgehead atoms. The first-order chi connectivity index (χ1) is 7.33. The first-order valence-electron chi connectivity index (χ1n) is 6.41. The van der Waals surface area contributed by atoms with E-state index in [1.54, 1.807) is 11.1 Å². The maximum Gasteiger partial charge on any atom is -0.0159 e. The number of benzene rings is 1. The highest BCUT2D eigenvalue weighted by Crippen LogP contribution is 2.29. The molecule has 84 valence electrons. The second kappa shape index (κ2) is 6.66. The minimum absolute atomic E-state index is 0.788. The van der Waals surface area contributed by atoms with Crippen LogP contribution in [-0.2, 0) is 6.42 Å². The van der Waals surface area contributed by atoms with Crippen LogP contribution in [0.4, 0.5) is 0 Å². The lowest BCUT2D eigenvalue weighted by Crippen LogP contribution is -2.02. The van der Waals surface area contributed by atoms with Crippen molar-refractivity contribution in [1.29, 1.82) is 0 Å². The van der Waals surface area contributed by atoms with Crippen LogP contribution in [0.15, 0.2) is 24.3 Å². The Hall–Kier alpha value is -0.780. The van der Waals surface area contributed by atoms with E-state index in [2.05, 4.69) is 45.0 Å². The Morgan fingerprint density at radius 1 is 0.933 bits per heavy atom. The SMILES string of the molecule is CCCC(CCC)c1ccccc1CC. The zero-order valence-electron chi connectivity index (χ0n) is 10.4. The summed E-state index contributed by atoms with van der Waals surface area (Å²) in [5.41, 5.74) is 3.15. The molecular formula is C15H24. The molecule has 0 aliphatic carbocycles. The first kappa shape index (κ1) is 12.3. The molecule has 0 aromatic heterocycles. The van der Waals surface area contributed by atoms with Crippen molar-refractivity contribution in [3.05, 3.63) is 35.4 Å². The normalized spacial score (nSPS) is 10.9. The predicted octanol–water partition coefficient (Wildman–Crippen LogP) is 4.93. The molecule has 0 amide bonds. The molecule has 0 saturated carbocycles. The summed E-state index contributed by atoms with van der Waals surface area (Å²) in [5, 5.41) is 0. The third-order valence-electron chi connectivity index (χ3n) is 3.15. The minimum atomic E-state index is 0.788. The van der Waals surface area contributed by atoms with Crippen LogP contribution < -0.4 is 0 Å². The van der Waals surface area contributed by atoms with Gasteiger partial charge in [-0.1, -0.05) is 57.9 Å². The van der Waals surface area contributed by atoms with Gasteiger partial charge < -0.3 is 0 Å². The van der Waals surface area contributed by atoms with Crippen LogP contribution in [0.25, 0.3) is 0 Å². The van der Waals surface area contributed by atoms with E-state index in [9.17, 15) is 0 Å². The Morgan fingerprint density at radius 2 is 1.53 bits per heavy atom. The van der Waals surface area contributed by atoms with Crippen LogP contribution >= 0.6 is 0 Å². The molecule has 0 spiro atoms. The van der Waals surface area contributed by atoms with Gasteiger partial charge in [0.25, 0.3) is 0 Å². The topological polar surface area (TPSA) is 0 Å². The number of hydrogen-bond donors (Lipinski definition) is 0. The minimum Gasteiger partial charge on any atom is -0.0654 e. The molecule has 0 N–H and O–H groups in total. The third kappa shape index (κ3) is 3.37. The zero-order valence-corrected chi connectivity index (χ0v) is 10.4. The Morgan fingerprint density at radius 3 is 2.07 bits per heavy atom. The molecule has 0 saturated heterocycles. The summed E-state index contributed by atoms with van der Waals surface area (Å²) in [6, 6.07) is 8.96. The van der Waals surface area contributed by atoms with E-state index in [1.807, 2.05) is 0 Å². The van der Waals surface area contributed by atoms with Gasteiger partial charge in [0.05, 0.1) is 0 Å². The second-order valence-corrected chi connectivity index (χ2v) is 4.33. The van der Waals surface area contributed by atoms with Crippen molar-refractivity contribution in [3.8, 4) is 0 Å². The lowest BCUT2D eigenvalue weighted by atomic mass is 9.86. The molecule has 0 radical (unpaired) electrons. The van der Waals surface area contributed by atoms with Crippen molar-refractivity contribution < 1.29 is 0 Å². The molecule has 0 nitrogen and oxygen atoms in total. The number of aryl methyl sites for hydroxylation is 1. The number of rotatable bonds is 6. The van der Waals surface area contributed by atoms with E-state index in [0.29, 0.717) is 0 Å². The molecule has 0 unspecified atom stereocenters. The van der Waals surface area contributed by atoms with Gasteiger partial charge in [-0.3, -0.25) is 0 Å². The fourth-order valence-electron chi connectivity index (χ4n) is 2.41. The van der Waals surface area contributed by atoms with Gasteiger partial charge in [0.2, 0.25) is 0 Å². The van der Waals surface area contributed by atoms with Crippen LogP contribution in [0.5, 0.6) is 0 Å². The molecule has 0 fully saturated rings. The van der Waals surface area contributed by atoms with Crippen molar-refractivity contribution in [2.45, 2.75) is 58.8 Å². The van der Waals surface area contributed by atoms with Crippen molar-refractivity contribution in [1.82, 2.24) is 0 Å². The highest BCUT2D eigenvalue weighted by molar-refractivity contribution is 5.30. The summed E-state index contributed by atoms with van der Waals surface area (Å²) in [4.78, 5) is 0. The summed E-state index contributed by atoms with van der Waals surface area (Å²) in [7, 11) is 0. The van der Waals surface area contributed by atoms with Gasteiger partial charge >= 0.3 is 0 Å². The highest BCUT2D eigenvalue weighted by Gasteiger charge is 2.12. The quantitative estimate of drug-likeness (QED) is 0.616. The van der Waals surface area contributed by atoms with Gasteiger partial charge in [-0.05, 0) is 36.3 Å². The lowest BCUT2D eigenvalue weighted by Gasteiger charge is -2.19. The molecule has 0 atom stereocenters. The molecule has 0 aliphatic heterocycles. The van der Waals surface area contributed by atoms with Crippen LogP contribution in [0.3, 0.4) is 0 Å². The molecule has 0 heteroatoms. The van der Waals surface area contributed by atoms with E-state index in [0.717, 1.165) is 5.92 Å². The molecule has 0 heterocycles. The second-order valence-electron chi connectivity index (χ2n) is 4.33. The Kier molecular flexibility index (Phi) is 5.45. The van der Waals surface area contributed by atoms with E-state index < -0.39 is 0 Å². The van der Waals surface area contributed by atoms with Crippen molar-refractivity contribution >= 4 is 0 Å². The van der Waals surface area contributed by atoms with Gasteiger partial charge in [-0.15, -0.1) is 0 Å². The largest absolute Gasteiger partial charge is 0.0654 e. The first-order valence-corrected chi connectivity index (χ1v) is 6.41. The number of hydrogen-bond acceptors (Lipinski definition) is 0. The molecule has 1 aromatic carbocycles. The Bertz CT molecular complexity index is 269. The van der Waals surface area contributed by atoms with Crippen LogP contribution in [-0.4, -0.2) is 0 Å². The summed E-state index contributed by atoms with van der Waals surface area (Å²) in [6.07, 6.45) is 6.43. The van der Waals surface area contributed by atoms with Crippen LogP contribution in [0.2, 0.25) is 0 Å². The maximum atomic E-state index is 2.33. The summed E-state index contributed by atoms with van der Waals surface area (Å²) < 4.78 is 0. The summed E-state index contributed by atoms with van der Waals surface area (Å²) >= 11 is 0. The van der Waals surface area contributed by atoms with Gasteiger partial charge in [0.15, 0.2) is 0 Å². The van der Waals surface area contributed by atoms with E-state index >= 15 is 0 Å². The summed E-state index contributed by atoms with van der Waals surface area (Å²) in [6.45, 7) is 6.84. The van der Waals surface area contributed by atoms with Gasteiger partial charge in [0, 0.05) is 0 Å². The van der Waals surface area contributed by atoms with Gasteiger partial charge in [0.1, 0.15) is 0 Å². The molecule has 15 heavy (non-hydrogen) atoms. The monoisotopic (exact) mass is 204 g/mol. The van der Waals surface area contributed by atoms with Gasteiger partial charge in [-0.2, -0.15) is 0 Å². The van der Waals surface area contributed by atoms with Crippen LogP contribution in [0.1, 0.15) is 63.5 Å². The molecule has 1 rings (SSSR count). The average Bonchev–Trinajstić information content (AvgIpc) is 2.29. The maximum absolute atomic E-state index is 2.33. The van der Waals surface area contributed by atoms with E-state index in [-0.39, 0.29) is 0 Å². The standard InChI is InChI=1S/C15H24/c1-4-9-14(10-5-2)15-12-8-7-11-13(15)6-3/h7-8,11-12,14H,4-6,9-10H2,1-3H3. The molecular weight excluding hydrogens is 180 g/mol. The van der Waals surface area contributed by atoms with Crippen LogP contribution in [0, 0.1) is 0 Å². The fourth-order valence-corrected chi connectivity index (χ4v) is 2.41. The lowest BCUT2D eigenvalue weighted by molar-refractivity contribution is 0.557. The molecule has 0 aliphatic rings. The smallest absolute Gasteiger partial charge is 0.0159 e. The van der Waals surface area contributed by atoms with Crippen molar-refractivity contribution in [2.24, 2.45) is 0 Å². The average molecular weight is 204 g/mol. The van der Waals surface area contributed by atoms with Gasteiger partial charge in [-0.25, -0.2) is 0 Å². The Balaban J connectivity index is 2.88. The summed E-state index contributed by atoms with van der Waals surface area (Å²) in [5.74, 6) is 0.788. The van der Waals surface area contributed by atoms with E-state index in [1.165, 1.54) is 32.1 Å². The zero-order chi connectivity index (χ0) is 11.1. The van der Waals surface area contributed by atoms with Crippen molar-refractivity contribution in [2.75, 3.05) is 0 Å². The predicted molar refractivity (Wildman–Crippen MR) is 68.4 cm³/mol. The third-order valence-corrected chi connectivity index (χ3v) is 3.15. The van der Waals surface area contributed by atoms with Crippen molar-refractivity contribution in [3.63, 3.8) is 0 Å².